The molecule has 0 atom stereocenters. The van der Waals surface area contributed by atoms with Gasteiger partial charge in [-0.1, -0.05) is 109 Å². The molecular formula is C33H22N2. The highest BCUT2D eigenvalue weighted by atomic mass is 14.7. The van der Waals surface area contributed by atoms with Crippen LogP contribution in [0.25, 0.3) is 66.7 Å². The number of nitrogen functional groups attached to an aromatic ring is 1. The summed E-state index contributed by atoms with van der Waals surface area (Å²) in [5.41, 5.74) is 18.3. The van der Waals surface area contributed by atoms with Crippen molar-refractivity contribution in [1.29, 1.82) is 0 Å². The summed E-state index contributed by atoms with van der Waals surface area (Å²) in [7, 11) is 0. The topological polar surface area (TPSA) is 38.9 Å². The Morgan fingerprint density at radius 2 is 1.03 bits per heavy atom. The second-order valence-electron chi connectivity index (χ2n) is 9.00. The second-order valence-corrected chi connectivity index (χ2v) is 9.00. The average molecular weight is 447 g/mol. The van der Waals surface area contributed by atoms with Crippen molar-refractivity contribution in [2.75, 3.05) is 5.73 Å². The predicted molar refractivity (Wildman–Crippen MR) is 147 cm³/mol. The Labute approximate surface area is 204 Å². The van der Waals surface area contributed by atoms with Gasteiger partial charge in [0.15, 0.2) is 0 Å². The maximum atomic E-state index is 6.25. The Kier molecular flexibility index (Phi) is 4.33. The monoisotopic (exact) mass is 446 g/mol. The highest BCUT2D eigenvalue weighted by Gasteiger charge is 2.31. The minimum Gasteiger partial charge on any atom is -0.399 e. The van der Waals surface area contributed by atoms with E-state index in [2.05, 4.69) is 103 Å². The summed E-state index contributed by atoms with van der Waals surface area (Å²) in [6, 6.07) is 42.4. The molecule has 0 radical (unpaired) electrons. The van der Waals surface area contributed by atoms with Crippen LogP contribution in [0.5, 0.6) is 0 Å². The van der Waals surface area contributed by atoms with Crippen molar-refractivity contribution in [3.05, 3.63) is 121 Å². The van der Waals surface area contributed by atoms with Crippen molar-refractivity contribution in [2.45, 2.75) is 0 Å². The van der Waals surface area contributed by atoms with Gasteiger partial charge in [-0.3, -0.25) is 0 Å². The normalized spacial score (nSPS) is 11.5. The van der Waals surface area contributed by atoms with Crippen LogP contribution in [0.4, 0.5) is 5.69 Å². The summed E-state index contributed by atoms with van der Waals surface area (Å²) in [5, 5.41) is 2.55. The van der Waals surface area contributed by atoms with Gasteiger partial charge in [0, 0.05) is 33.5 Å². The van der Waals surface area contributed by atoms with Crippen molar-refractivity contribution in [1.82, 2.24) is 4.98 Å². The fourth-order valence-corrected chi connectivity index (χ4v) is 5.46. The minimum atomic E-state index is 0.732. The summed E-state index contributed by atoms with van der Waals surface area (Å²) in [6.07, 6.45) is 0. The molecule has 0 saturated heterocycles. The largest absolute Gasteiger partial charge is 0.399 e. The lowest BCUT2D eigenvalue weighted by Crippen LogP contribution is -1.99. The third kappa shape index (κ3) is 3.00. The molecule has 0 unspecified atom stereocenters. The van der Waals surface area contributed by atoms with E-state index in [9.17, 15) is 0 Å². The summed E-state index contributed by atoms with van der Waals surface area (Å²) < 4.78 is 0. The van der Waals surface area contributed by atoms with Gasteiger partial charge in [-0.05, 0) is 39.6 Å². The molecule has 2 heteroatoms. The van der Waals surface area contributed by atoms with E-state index in [0.717, 1.165) is 39.3 Å². The molecule has 35 heavy (non-hydrogen) atoms. The van der Waals surface area contributed by atoms with Crippen molar-refractivity contribution in [3.8, 4) is 55.9 Å². The van der Waals surface area contributed by atoms with Crippen LogP contribution in [-0.2, 0) is 0 Å². The number of benzene rings is 5. The highest BCUT2D eigenvalue weighted by molar-refractivity contribution is 6.21. The third-order valence-electron chi connectivity index (χ3n) is 6.91. The number of nitrogens with zero attached hydrogens (tertiary/aromatic N) is 1. The van der Waals surface area contributed by atoms with E-state index >= 15 is 0 Å². The fourth-order valence-electron chi connectivity index (χ4n) is 5.46. The first kappa shape index (κ1) is 19.7. The van der Waals surface area contributed by atoms with Gasteiger partial charge in [-0.2, -0.15) is 0 Å². The van der Waals surface area contributed by atoms with Gasteiger partial charge in [-0.15, -0.1) is 0 Å². The van der Waals surface area contributed by atoms with Crippen molar-refractivity contribution >= 4 is 16.5 Å². The van der Waals surface area contributed by atoms with Crippen LogP contribution in [-0.4, -0.2) is 4.98 Å². The Morgan fingerprint density at radius 1 is 0.457 bits per heavy atom. The first-order chi connectivity index (χ1) is 17.3. The van der Waals surface area contributed by atoms with Crippen LogP contribution in [0.15, 0.2) is 121 Å². The summed E-state index contributed by atoms with van der Waals surface area (Å²) >= 11 is 0. The van der Waals surface area contributed by atoms with E-state index in [1.54, 1.807) is 0 Å². The zero-order valence-corrected chi connectivity index (χ0v) is 19.1. The molecule has 0 saturated carbocycles. The van der Waals surface area contributed by atoms with Crippen LogP contribution in [0.2, 0.25) is 0 Å². The molecule has 0 fully saturated rings. The van der Waals surface area contributed by atoms with Gasteiger partial charge in [0.2, 0.25) is 0 Å². The second kappa shape index (κ2) is 7.68. The van der Waals surface area contributed by atoms with Crippen LogP contribution < -0.4 is 5.73 Å². The molecule has 5 aromatic carbocycles. The van der Waals surface area contributed by atoms with E-state index in [1.807, 2.05) is 18.2 Å². The zero-order valence-electron chi connectivity index (χ0n) is 19.1. The molecule has 1 aromatic heterocycles. The van der Waals surface area contributed by atoms with E-state index in [-0.39, 0.29) is 0 Å². The SMILES string of the molecule is Nc1cccc(-c2nc(-c3ccccc3)c3c(c2-c2ccccc2)-c2cccc4cccc-3c24)c1. The predicted octanol–water partition coefficient (Wildman–Crippen LogP) is 8.47. The molecule has 1 heterocycles. The van der Waals surface area contributed by atoms with Crippen LogP contribution in [0, 0.1) is 0 Å². The van der Waals surface area contributed by atoms with E-state index < -0.39 is 0 Å². The van der Waals surface area contributed by atoms with Crippen molar-refractivity contribution < 1.29 is 0 Å². The van der Waals surface area contributed by atoms with Crippen molar-refractivity contribution in [2.24, 2.45) is 0 Å². The summed E-state index contributed by atoms with van der Waals surface area (Å²) in [5.74, 6) is 0. The Morgan fingerprint density at radius 3 is 1.71 bits per heavy atom. The number of rotatable bonds is 3. The molecule has 1 aliphatic carbocycles. The first-order valence-corrected chi connectivity index (χ1v) is 11.9. The van der Waals surface area contributed by atoms with Crippen LogP contribution >= 0.6 is 0 Å². The molecule has 0 amide bonds. The molecule has 0 bridgehead atoms. The molecule has 0 aliphatic heterocycles. The van der Waals surface area contributed by atoms with Crippen LogP contribution in [0.1, 0.15) is 0 Å². The molecule has 0 spiro atoms. The van der Waals surface area contributed by atoms with Gasteiger partial charge in [-0.25, -0.2) is 4.98 Å². The maximum absolute atomic E-state index is 6.25. The Balaban J connectivity index is 1.71. The van der Waals surface area contributed by atoms with Gasteiger partial charge < -0.3 is 5.73 Å². The van der Waals surface area contributed by atoms with Crippen molar-refractivity contribution in [3.63, 3.8) is 0 Å². The number of anilines is 1. The molecule has 7 rings (SSSR count). The fraction of sp³-hybridized carbons (Fsp3) is 0. The van der Waals surface area contributed by atoms with Crippen LogP contribution in [0.3, 0.4) is 0 Å². The third-order valence-corrected chi connectivity index (χ3v) is 6.91. The minimum absolute atomic E-state index is 0.732. The quantitative estimate of drug-likeness (QED) is 0.276. The van der Waals surface area contributed by atoms with Gasteiger partial charge in [0.25, 0.3) is 0 Å². The number of hydrogen-bond acceptors (Lipinski definition) is 2. The number of fused-ring (bicyclic) bond motifs is 3. The Bertz CT molecular complexity index is 1730. The molecule has 1 aliphatic rings. The molecule has 6 aromatic rings. The summed E-state index contributed by atoms with van der Waals surface area (Å²) in [4.78, 5) is 5.42. The number of nitrogens with two attached hydrogens (primary N) is 1. The lowest BCUT2D eigenvalue weighted by atomic mass is 9.87. The lowest BCUT2D eigenvalue weighted by Gasteiger charge is -2.19. The average Bonchev–Trinajstić information content (AvgIpc) is 3.25. The number of pyridine rings is 1. The van der Waals surface area contributed by atoms with E-state index in [1.165, 1.54) is 33.0 Å². The molecule has 164 valence electrons. The lowest BCUT2D eigenvalue weighted by molar-refractivity contribution is 1.33. The van der Waals surface area contributed by atoms with Gasteiger partial charge >= 0.3 is 0 Å². The van der Waals surface area contributed by atoms with E-state index in [0.29, 0.717) is 0 Å². The Hall–Kier alpha value is -4.69. The zero-order chi connectivity index (χ0) is 23.4. The van der Waals surface area contributed by atoms with Gasteiger partial charge in [0.05, 0.1) is 11.4 Å². The van der Waals surface area contributed by atoms with Gasteiger partial charge in [0.1, 0.15) is 0 Å². The van der Waals surface area contributed by atoms with E-state index in [4.69, 9.17) is 10.7 Å². The number of hydrogen-bond donors (Lipinski definition) is 1. The number of aromatic nitrogens is 1. The summed E-state index contributed by atoms with van der Waals surface area (Å²) in [6.45, 7) is 0. The standard InChI is InChI=1S/C33H22N2/c34-25-17-7-16-24(20-25)33-29(22-10-3-1-4-11-22)30-26-18-8-14-21-15-9-19-27(28(21)26)31(30)32(35-33)23-12-5-2-6-13-23/h1-20H,34H2. The molecule has 2 N–H and O–H groups in total. The first-order valence-electron chi connectivity index (χ1n) is 11.9. The highest BCUT2D eigenvalue weighted by Crippen LogP contribution is 2.55. The molecule has 2 nitrogen and oxygen atoms in total. The maximum Gasteiger partial charge on any atom is 0.0795 e. The smallest absolute Gasteiger partial charge is 0.0795 e. The molecular weight excluding hydrogens is 424 g/mol.